The zero-order valence-corrected chi connectivity index (χ0v) is 11.0. The van der Waals surface area contributed by atoms with E-state index < -0.39 is 0 Å². The standard InChI is InChI=1S/C13H18N2O2.ClH/c16-13(15-12-6-7-14-8-12)10-17-9-11-4-2-1-3-5-11;/h1-5,12,14H,6-10H2,(H,15,16);1H. The number of hydrogen-bond donors (Lipinski definition) is 2. The molecule has 1 atom stereocenters. The molecule has 0 bridgehead atoms. The van der Waals surface area contributed by atoms with Crippen LogP contribution in [0, 0.1) is 0 Å². The Morgan fingerprint density at radius 3 is 2.83 bits per heavy atom. The summed E-state index contributed by atoms with van der Waals surface area (Å²) in [5.74, 6) is -0.0327. The maximum Gasteiger partial charge on any atom is 0.246 e. The minimum atomic E-state index is -0.0327. The lowest BCUT2D eigenvalue weighted by Crippen LogP contribution is -2.38. The summed E-state index contributed by atoms with van der Waals surface area (Å²) < 4.78 is 5.36. The molecule has 18 heavy (non-hydrogen) atoms. The first-order valence-corrected chi connectivity index (χ1v) is 5.96. The van der Waals surface area contributed by atoms with Crippen LogP contribution in [0.25, 0.3) is 0 Å². The molecule has 0 aromatic heterocycles. The Kier molecular flexibility index (Phi) is 6.72. The van der Waals surface area contributed by atoms with E-state index in [2.05, 4.69) is 10.6 Å². The van der Waals surface area contributed by atoms with E-state index in [1.165, 1.54) is 0 Å². The number of ether oxygens (including phenoxy) is 1. The molecule has 2 rings (SSSR count). The summed E-state index contributed by atoms with van der Waals surface area (Å²) in [6.45, 7) is 2.46. The van der Waals surface area contributed by atoms with Gasteiger partial charge < -0.3 is 15.4 Å². The highest BCUT2D eigenvalue weighted by molar-refractivity contribution is 5.85. The van der Waals surface area contributed by atoms with Crippen molar-refractivity contribution in [3.05, 3.63) is 35.9 Å². The van der Waals surface area contributed by atoms with Crippen LogP contribution in [0.5, 0.6) is 0 Å². The Hall–Kier alpha value is -1.10. The van der Waals surface area contributed by atoms with Gasteiger partial charge in [-0.05, 0) is 18.5 Å². The maximum absolute atomic E-state index is 11.5. The largest absolute Gasteiger partial charge is 0.367 e. The number of benzene rings is 1. The van der Waals surface area contributed by atoms with Crippen molar-refractivity contribution in [2.75, 3.05) is 19.7 Å². The normalized spacial score (nSPS) is 18.1. The lowest BCUT2D eigenvalue weighted by atomic mass is 10.2. The molecule has 1 aromatic carbocycles. The van der Waals surface area contributed by atoms with Gasteiger partial charge in [-0.2, -0.15) is 0 Å². The number of hydrogen-bond acceptors (Lipinski definition) is 3. The van der Waals surface area contributed by atoms with Crippen LogP contribution in [-0.2, 0) is 16.1 Å². The third-order valence-corrected chi connectivity index (χ3v) is 2.77. The fraction of sp³-hybridized carbons (Fsp3) is 0.462. The number of amides is 1. The van der Waals surface area contributed by atoms with Crippen LogP contribution in [-0.4, -0.2) is 31.6 Å². The number of carbonyl (C=O) groups excluding carboxylic acids is 1. The maximum atomic E-state index is 11.5. The summed E-state index contributed by atoms with van der Waals surface area (Å²) in [7, 11) is 0. The van der Waals surface area contributed by atoms with E-state index in [1.54, 1.807) is 0 Å². The first-order valence-electron chi connectivity index (χ1n) is 5.96. The lowest BCUT2D eigenvalue weighted by Gasteiger charge is -2.11. The SMILES string of the molecule is Cl.O=C(COCc1ccccc1)NC1CCNC1. The molecule has 1 aliphatic rings. The molecule has 0 radical (unpaired) electrons. The summed E-state index contributed by atoms with van der Waals surface area (Å²) >= 11 is 0. The highest BCUT2D eigenvalue weighted by atomic mass is 35.5. The summed E-state index contributed by atoms with van der Waals surface area (Å²) in [6.07, 6.45) is 1.00. The molecule has 1 fully saturated rings. The van der Waals surface area contributed by atoms with E-state index in [4.69, 9.17) is 4.74 Å². The lowest BCUT2D eigenvalue weighted by molar-refractivity contribution is -0.126. The van der Waals surface area contributed by atoms with Crippen LogP contribution in [0.15, 0.2) is 30.3 Å². The highest BCUT2D eigenvalue weighted by Gasteiger charge is 2.16. The summed E-state index contributed by atoms with van der Waals surface area (Å²) in [4.78, 5) is 11.5. The van der Waals surface area contributed by atoms with Crippen molar-refractivity contribution in [1.82, 2.24) is 10.6 Å². The smallest absolute Gasteiger partial charge is 0.246 e. The molecule has 1 heterocycles. The first kappa shape index (κ1) is 15.0. The minimum absolute atomic E-state index is 0. The fourth-order valence-corrected chi connectivity index (χ4v) is 1.88. The summed E-state index contributed by atoms with van der Waals surface area (Å²) in [6, 6.07) is 10.1. The van der Waals surface area contributed by atoms with E-state index in [1.807, 2.05) is 30.3 Å². The quantitative estimate of drug-likeness (QED) is 0.843. The zero-order valence-electron chi connectivity index (χ0n) is 10.2. The van der Waals surface area contributed by atoms with Gasteiger partial charge in [-0.15, -0.1) is 12.4 Å². The van der Waals surface area contributed by atoms with Crippen molar-refractivity contribution < 1.29 is 9.53 Å². The number of rotatable bonds is 5. The third-order valence-electron chi connectivity index (χ3n) is 2.77. The minimum Gasteiger partial charge on any atom is -0.367 e. The van der Waals surface area contributed by atoms with Crippen molar-refractivity contribution in [2.24, 2.45) is 0 Å². The van der Waals surface area contributed by atoms with Gasteiger partial charge in [0.05, 0.1) is 6.61 Å². The molecule has 1 saturated heterocycles. The Balaban J connectivity index is 0.00000162. The molecular weight excluding hydrogens is 252 g/mol. The predicted molar refractivity (Wildman–Crippen MR) is 72.8 cm³/mol. The molecule has 1 aliphatic heterocycles. The van der Waals surface area contributed by atoms with Gasteiger partial charge in [-0.1, -0.05) is 30.3 Å². The zero-order chi connectivity index (χ0) is 11.9. The molecular formula is C13H19ClN2O2. The van der Waals surface area contributed by atoms with Gasteiger partial charge in [0.1, 0.15) is 6.61 Å². The van der Waals surface area contributed by atoms with E-state index in [-0.39, 0.29) is 31.0 Å². The van der Waals surface area contributed by atoms with Crippen molar-refractivity contribution in [3.63, 3.8) is 0 Å². The predicted octanol–water partition coefficient (Wildman–Crippen LogP) is 1.10. The van der Waals surface area contributed by atoms with E-state index in [9.17, 15) is 4.79 Å². The Morgan fingerprint density at radius 2 is 2.17 bits per heavy atom. The molecule has 100 valence electrons. The van der Waals surface area contributed by atoms with Crippen LogP contribution in [0.4, 0.5) is 0 Å². The second-order valence-corrected chi connectivity index (χ2v) is 4.24. The van der Waals surface area contributed by atoms with Gasteiger partial charge in [0.2, 0.25) is 5.91 Å². The van der Waals surface area contributed by atoms with Crippen LogP contribution < -0.4 is 10.6 Å². The van der Waals surface area contributed by atoms with Gasteiger partial charge in [0.15, 0.2) is 0 Å². The molecule has 0 saturated carbocycles. The Morgan fingerprint density at radius 1 is 1.39 bits per heavy atom. The van der Waals surface area contributed by atoms with E-state index >= 15 is 0 Å². The Bertz CT molecular complexity index is 353. The summed E-state index contributed by atoms with van der Waals surface area (Å²) in [5.41, 5.74) is 1.09. The first-order chi connectivity index (χ1) is 8.34. The van der Waals surface area contributed by atoms with E-state index in [0.29, 0.717) is 6.61 Å². The molecule has 4 nitrogen and oxygen atoms in total. The van der Waals surface area contributed by atoms with Gasteiger partial charge in [0, 0.05) is 12.6 Å². The third kappa shape index (κ3) is 5.04. The average molecular weight is 271 g/mol. The van der Waals surface area contributed by atoms with Gasteiger partial charge in [-0.3, -0.25) is 4.79 Å². The molecule has 1 aromatic rings. The fourth-order valence-electron chi connectivity index (χ4n) is 1.88. The van der Waals surface area contributed by atoms with Crippen LogP contribution in [0.2, 0.25) is 0 Å². The molecule has 1 amide bonds. The van der Waals surface area contributed by atoms with Crippen molar-refractivity contribution in [3.8, 4) is 0 Å². The second kappa shape index (κ2) is 8.08. The molecule has 2 N–H and O–H groups in total. The van der Waals surface area contributed by atoms with Crippen LogP contribution in [0.1, 0.15) is 12.0 Å². The average Bonchev–Trinajstić information content (AvgIpc) is 2.83. The van der Waals surface area contributed by atoms with Crippen molar-refractivity contribution >= 4 is 18.3 Å². The number of carbonyl (C=O) groups is 1. The van der Waals surface area contributed by atoms with Gasteiger partial charge in [0.25, 0.3) is 0 Å². The molecule has 0 spiro atoms. The van der Waals surface area contributed by atoms with Crippen LogP contribution in [0.3, 0.4) is 0 Å². The van der Waals surface area contributed by atoms with Gasteiger partial charge in [-0.25, -0.2) is 0 Å². The van der Waals surface area contributed by atoms with Crippen molar-refractivity contribution in [1.29, 1.82) is 0 Å². The van der Waals surface area contributed by atoms with Gasteiger partial charge >= 0.3 is 0 Å². The molecule has 1 unspecified atom stereocenters. The Labute approximate surface area is 114 Å². The van der Waals surface area contributed by atoms with Crippen LogP contribution >= 0.6 is 12.4 Å². The number of nitrogens with one attached hydrogen (secondary N) is 2. The summed E-state index contributed by atoms with van der Waals surface area (Å²) in [5, 5.41) is 6.14. The van der Waals surface area contributed by atoms with E-state index in [0.717, 1.165) is 25.1 Å². The molecule has 0 aliphatic carbocycles. The number of halogens is 1. The second-order valence-electron chi connectivity index (χ2n) is 4.24. The highest BCUT2D eigenvalue weighted by Crippen LogP contribution is 2.00. The monoisotopic (exact) mass is 270 g/mol. The van der Waals surface area contributed by atoms with Crippen molar-refractivity contribution in [2.45, 2.75) is 19.1 Å². The molecule has 5 heteroatoms. The topological polar surface area (TPSA) is 50.4 Å².